The van der Waals surface area contributed by atoms with Gasteiger partial charge in [0.15, 0.2) is 0 Å². The molecular weight excluding hydrogens is 439 g/mol. The van der Waals surface area contributed by atoms with Crippen molar-refractivity contribution in [1.29, 1.82) is 0 Å². The number of aromatic nitrogens is 1. The van der Waals surface area contributed by atoms with Gasteiger partial charge in [-0.15, -0.1) is 24.8 Å². The number of aromatic hydroxyl groups is 1. The van der Waals surface area contributed by atoms with E-state index in [2.05, 4.69) is 22.7 Å². The molecule has 0 fully saturated rings. The number of rotatable bonds is 6. The molecule has 0 radical (unpaired) electrons. The predicted molar refractivity (Wildman–Crippen MR) is 125 cm³/mol. The van der Waals surface area contributed by atoms with E-state index in [4.69, 9.17) is 11.6 Å². The molecule has 0 aliphatic rings. The van der Waals surface area contributed by atoms with E-state index in [9.17, 15) is 5.11 Å². The lowest BCUT2D eigenvalue weighted by Gasteiger charge is -2.20. The van der Waals surface area contributed by atoms with Crippen LogP contribution < -0.4 is 10.7 Å². The Morgan fingerprint density at radius 2 is 1.79 bits per heavy atom. The number of nitrogens with one attached hydrogen (secondary N) is 2. The van der Waals surface area contributed by atoms with Gasteiger partial charge in [0.2, 0.25) is 0 Å². The molecule has 0 amide bonds. The van der Waals surface area contributed by atoms with Gasteiger partial charge in [0.1, 0.15) is 5.75 Å². The number of anilines is 2. The van der Waals surface area contributed by atoms with Crippen LogP contribution in [-0.4, -0.2) is 39.6 Å². The lowest BCUT2D eigenvalue weighted by atomic mass is 10.1. The SMILES string of the molecule is CCN(Cc1cc(Nc2ccnc3cc(Cl)ccc23)ccc1O)NC.Cl.Cl.O.O. The number of halogens is 3. The summed E-state index contributed by atoms with van der Waals surface area (Å²) in [5, 5.41) is 17.2. The number of pyridine rings is 1. The topological polar surface area (TPSA) is 123 Å². The molecule has 7 N–H and O–H groups in total. The summed E-state index contributed by atoms with van der Waals surface area (Å²) in [7, 11) is 1.87. The fourth-order valence-electron chi connectivity index (χ4n) is 2.73. The van der Waals surface area contributed by atoms with E-state index in [0.29, 0.717) is 11.6 Å². The van der Waals surface area contributed by atoms with E-state index < -0.39 is 0 Å². The van der Waals surface area contributed by atoms with E-state index in [1.165, 1.54) is 0 Å². The summed E-state index contributed by atoms with van der Waals surface area (Å²) in [5.74, 6) is 0.283. The molecule has 29 heavy (non-hydrogen) atoms. The summed E-state index contributed by atoms with van der Waals surface area (Å²) in [6.45, 7) is 3.51. The maximum Gasteiger partial charge on any atom is 0.120 e. The lowest BCUT2D eigenvalue weighted by Crippen LogP contribution is -2.34. The quantitative estimate of drug-likeness (QED) is 0.380. The second kappa shape index (κ2) is 13.4. The molecule has 1 aromatic heterocycles. The van der Waals surface area contributed by atoms with Gasteiger partial charge in [-0.05, 0) is 49.5 Å². The highest BCUT2D eigenvalue weighted by Crippen LogP contribution is 2.29. The minimum absolute atomic E-state index is 0. The van der Waals surface area contributed by atoms with Crippen LogP contribution in [0, 0.1) is 0 Å². The van der Waals surface area contributed by atoms with Crippen molar-refractivity contribution < 1.29 is 16.1 Å². The molecule has 162 valence electrons. The molecule has 0 saturated heterocycles. The molecule has 10 heteroatoms. The van der Waals surface area contributed by atoms with Crippen LogP contribution in [0.4, 0.5) is 11.4 Å². The molecular formula is C19H27Cl3N4O3. The lowest BCUT2D eigenvalue weighted by molar-refractivity contribution is 0.208. The van der Waals surface area contributed by atoms with Crippen molar-refractivity contribution in [2.24, 2.45) is 0 Å². The molecule has 0 spiro atoms. The molecule has 0 bridgehead atoms. The molecule has 2 aromatic carbocycles. The summed E-state index contributed by atoms with van der Waals surface area (Å²) in [6.07, 6.45) is 1.75. The van der Waals surface area contributed by atoms with Crippen molar-refractivity contribution in [2.45, 2.75) is 13.5 Å². The molecule has 3 rings (SSSR count). The number of hydrazine groups is 1. The number of phenolic OH excluding ortho intramolecular Hbond substituents is 1. The minimum Gasteiger partial charge on any atom is -0.508 e. The summed E-state index contributed by atoms with van der Waals surface area (Å²) >= 11 is 6.05. The van der Waals surface area contributed by atoms with Gasteiger partial charge in [0.25, 0.3) is 0 Å². The number of phenols is 1. The molecule has 0 aliphatic carbocycles. The Kier molecular flexibility index (Phi) is 13.6. The standard InChI is InChI=1S/C19H21ClN4O.2ClH.2H2O/c1-3-24(21-2)12-13-10-15(5-7-19(13)25)23-17-8-9-22-18-11-14(20)4-6-16(17)18;;;;/h4-11,21,25H,3,12H2,1-2H3,(H,22,23);2*1H;2*1H2. The van der Waals surface area contributed by atoms with Crippen molar-refractivity contribution in [3.8, 4) is 5.75 Å². The summed E-state index contributed by atoms with van der Waals surface area (Å²) in [4.78, 5) is 4.36. The molecule has 0 aliphatic heterocycles. The van der Waals surface area contributed by atoms with Crippen LogP contribution in [0.1, 0.15) is 12.5 Å². The van der Waals surface area contributed by atoms with Gasteiger partial charge in [-0.25, -0.2) is 5.01 Å². The zero-order valence-electron chi connectivity index (χ0n) is 16.1. The number of benzene rings is 2. The van der Waals surface area contributed by atoms with Crippen molar-refractivity contribution in [3.63, 3.8) is 0 Å². The van der Waals surface area contributed by atoms with Gasteiger partial charge >= 0.3 is 0 Å². The third kappa shape index (κ3) is 7.17. The van der Waals surface area contributed by atoms with Gasteiger partial charge in [-0.1, -0.05) is 18.5 Å². The second-order valence-electron chi connectivity index (χ2n) is 5.73. The Balaban J connectivity index is 0. The largest absolute Gasteiger partial charge is 0.508 e. The van der Waals surface area contributed by atoms with Crippen LogP contribution in [0.15, 0.2) is 48.7 Å². The first-order chi connectivity index (χ1) is 12.1. The first-order valence-electron chi connectivity index (χ1n) is 8.16. The van der Waals surface area contributed by atoms with Crippen molar-refractivity contribution >= 4 is 58.7 Å². The van der Waals surface area contributed by atoms with Crippen LogP contribution in [-0.2, 0) is 6.54 Å². The van der Waals surface area contributed by atoms with Gasteiger partial charge in [0, 0.05) is 46.6 Å². The van der Waals surface area contributed by atoms with E-state index >= 15 is 0 Å². The third-order valence-corrected chi connectivity index (χ3v) is 4.36. The highest BCUT2D eigenvalue weighted by atomic mass is 35.5. The van der Waals surface area contributed by atoms with Crippen LogP contribution >= 0.6 is 36.4 Å². The number of hydrogen-bond donors (Lipinski definition) is 3. The molecule has 3 aromatic rings. The summed E-state index contributed by atoms with van der Waals surface area (Å²) in [5.41, 5.74) is 6.64. The van der Waals surface area contributed by atoms with Gasteiger partial charge in [-0.3, -0.25) is 10.4 Å². The normalized spacial score (nSPS) is 9.66. The first kappa shape index (κ1) is 29.4. The number of fused-ring (bicyclic) bond motifs is 1. The second-order valence-corrected chi connectivity index (χ2v) is 6.16. The molecule has 0 unspecified atom stereocenters. The predicted octanol–water partition coefficient (Wildman–Crippen LogP) is 3.49. The van der Waals surface area contributed by atoms with Crippen LogP contribution in [0.5, 0.6) is 5.75 Å². The Bertz CT molecular complexity index is 896. The average molecular weight is 466 g/mol. The van der Waals surface area contributed by atoms with E-state index in [-0.39, 0.29) is 41.5 Å². The summed E-state index contributed by atoms with van der Waals surface area (Å²) < 4.78 is 0. The van der Waals surface area contributed by atoms with Gasteiger partial charge < -0.3 is 21.4 Å². The van der Waals surface area contributed by atoms with Crippen molar-refractivity contribution in [1.82, 2.24) is 15.4 Å². The Morgan fingerprint density at radius 3 is 2.45 bits per heavy atom. The van der Waals surface area contributed by atoms with Gasteiger partial charge in [0.05, 0.1) is 5.52 Å². The van der Waals surface area contributed by atoms with Crippen molar-refractivity contribution in [2.75, 3.05) is 18.9 Å². The zero-order valence-corrected chi connectivity index (χ0v) is 18.5. The van der Waals surface area contributed by atoms with Gasteiger partial charge in [-0.2, -0.15) is 0 Å². The fraction of sp³-hybridized carbons (Fsp3) is 0.211. The van der Waals surface area contributed by atoms with Crippen LogP contribution in [0.3, 0.4) is 0 Å². The maximum atomic E-state index is 10.1. The number of hydrogen-bond acceptors (Lipinski definition) is 5. The third-order valence-electron chi connectivity index (χ3n) is 4.12. The fourth-order valence-corrected chi connectivity index (χ4v) is 2.90. The zero-order chi connectivity index (χ0) is 17.8. The smallest absolute Gasteiger partial charge is 0.120 e. The Hall–Kier alpha value is -1.84. The monoisotopic (exact) mass is 464 g/mol. The van der Waals surface area contributed by atoms with E-state index in [1.807, 2.05) is 48.5 Å². The molecule has 7 nitrogen and oxygen atoms in total. The molecule has 1 heterocycles. The average Bonchev–Trinajstić information content (AvgIpc) is 2.62. The van der Waals surface area contributed by atoms with Crippen LogP contribution in [0.25, 0.3) is 10.9 Å². The highest BCUT2D eigenvalue weighted by molar-refractivity contribution is 6.31. The van der Waals surface area contributed by atoms with Crippen LogP contribution in [0.2, 0.25) is 5.02 Å². The van der Waals surface area contributed by atoms with E-state index in [1.54, 1.807) is 12.3 Å². The first-order valence-corrected chi connectivity index (χ1v) is 8.54. The number of nitrogens with zero attached hydrogens (tertiary/aromatic N) is 2. The Morgan fingerprint density at radius 1 is 1.07 bits per heavy atom. The molecule has 0 saturated carbocycles. The molecule has 0 atom stereocenters. The van der Waals surface area contributed by atoms with Crippen molar-refractivity contribution in [3.05, 3.63) is 59.2 Å². The highest BCUT2D eigenvalue weighted by Gasteiger charge is 2.09. The maximum absolute atomic E-state index is 10.1. The summed E-state index contributed by atoms with van der Waals surface area (Å²) in [6, 6.07) is 13.1. The van der Waals surface area contributed by atoms with E-state index in [0.717, 1.165) is 34.4 Å². The Labute approximate surface area is 187 Å². The minimum atomic E-state index is 0.